The summed E-state index contributed by atoms with van der Waals surface area (Å²) in [5, 5.41) is 8.64. The maximum absolute atomic E-state index is 8.64. The van der Waals surface area contributed by atoms with E-state index in [0.717, 1.165) is 12.8 Å². The average Bonchev–Trinajstić information content (AvgIpc) is 2.65. The van der Waals surface area contributed by atoms with Crippen molar-refractivity contribution in [2.75, 3.05) is 0 Å². The first-order valence-corrected chi connectivity index (χ1v) is 26.8. The number of aliphatic hydroxyl groups excluding tert-OH is 1. The van der Waals surface area contributed by atoms with Crippen molar-refractivity contribution < 1.29 is 22.1 Å². The Bertz CT molecular complexity index is 338. The minimum atomic E-state index is -2.87. The molecule has 18 heavy (non-hydrogen) atoms. The fraction of sp³-hybridized carbons (Fsp3) is 0.625. The molecule has 1 aliphatic carbocycles. The molecule has 1 unspecified atom stereocenters. The molecular formula is C16H32HfO. The molecule has 0 amide bonds. The van der Waals surface area contributed by atoms with Gasteiger partial charge in [0.15, 0.2) is 0 Å². The Morgan fingerprint density at radius 2 is 1.89 bits per heavy atom. The minimum absolute atomic E-state index is 0.169. The Balaban J connectivity index is 0.000000360. The van der Waals surface area contributed by atoms with Crippen molar-refractivity contribution in [3.63, 3.8) is 0 Å². The third-order valence-electron chi connectivity index (χ3n) is 3.17. The van der Waals surface area contributed by atoms with Crippen LogP contribution in [0.2, 0.25) is 23.4 Å². The van der Waals surface area contributed by atoms with Crippen LogP contribution in [-0.2, 0) is 17.0 Å². The average molecular weight is 419 g/mol. The van der Waals surface area contributed by atoms with E-state index in [1.807, 2.05) is 6.08 Å². The monoisotopic (exact) mass is 420 g/mol. The first-order valence-electron chi connectivity index (χ1n) is 7.03. The van der Waals surface area contributed by atoms with Crippen LogP contribution in [0.5, 0.6) is 0 Å². The molecule has 1 rings (SSSR count). The van der Waals surface area contributed by atoms with Crippen LogP contribution >= 0.6 is 0 Å². The molecule has 0 spiro atoms. The van der Waals surface area contributed by atoms with E-state index in [0.29, 0.717) is 0 Å². The van der Waals surface area contributed by atoms with Gasteiger partial charge in [0.05, 0.1) is 6.10 Å². The summed E-state index contributed by atoms with van der Waals surface area (Å²) in [6.45, 7) is 5.30. The fourth-order valence-electron chi connectivity index (χ4n) is 1.73. The number of aliphatic hydroxyl groups is 1. The summed E-state index contributed by atoms with van der Waals surface area (Å²) in [4.78, 5) is 0. The van der Waals surface area contributed by atoms with Crippen molar-refractivity contribution in [3.8, 4) is 0 Å². The predicted molar refractivity (Wildman–Crippen MR) is 82.3 cm³/mol. The van der Waals surface area contributed by atoms with Gasteiger partial charge in [0.25, 0.3) is 0 Å². The summed E-state index contributed by atoms with van der Waals surface area (Å²) in [5.74, 6) is 0. The van der Waals surface area contributed by atoms with Gasteiger partial charge in [-0.2, -0.15) is 0 Å². The van der Waals surface area contributed by atoms with Crippen LogP contribution < -0.4 is 0 Å². The van der Waals surface area contributed by atoms with Gasteiger partial charge in [0.1, 0.15) is 0 Å². The molecular weight excluding hydrogens is 387 g/mol. The number of allylic oxidation sites excluding steroid dienone is 5. The van der Waals surface area contributed by atoms with Crippen LogP contribution in [0, 0.1) is 0 Å². The number of hydrogen-bond acceptors (Lipinski definition) is 1. The molecule has 0 aromatic carbocycles. The van der Waals surface area contributed by atoms with Gasteiger partial charge in [0.2, 0.25) is 0 Å². The van der Waals surface area contributed by atoms with Crippen LogP contribution in [0.3, 0.4) is 0 Å². The number of hydrogen-bond donors (Lipinski definition) is 1. The molecule has 0 aliphatic heterocycles. The van der Waals surface area contributed by atoms with Gasteiger partial charge in [-0.05, 0) is 19.8 Å². The van der Waals surface area contributed by atoms with Gasteiger partial charge in [-0.3, -0.25) is 0 Å². The van der Waals surface area contributed by atoms with Gasteiger partial charge in [-0.15, -0.1) is 6.58 Å². The summed E-state index contributed by atoms with van der Waals surface area (Å²) < 4.78 is 14.3. The molecule has 106 valence electrons. The summed E-state index contributed by atoms with van der Waals surface area (Å²) >= 11 is -2.87. The van der Waals surface area contributed by atoms with Crippen molar-refractivity contribution in [2.45, 2.75) is 55.7 Å². The Kier molecular flexibility index (Phi) is 5.60. The van der Waals surface area contributed by atoms with Crippen LogP contribution in [0.1, 0.15) is 26.2 Å². The molecule has 1 aliphatic rings. The Hall–Kier alpha value is 0.0501. The normalized spacial score (nSPS) is 20.1. The second-order valence-electron chi connectivity index (χ2n) is 9.29. The standard InChI is InChI=1S/C6H12O.C5H5.5CH3.Hf/c1-3-4-5-6(2)7;1-2-4-5-3-1;;;;;;/h3,6-7H,1,4-5H2,2H3;1-3H,4H2;5*1H3;. The van der Waals surface area contributed by atoms with Crippen LogP contribution in [0.15, 0.2) is 34.2 Å². The first-order chi connectivity index (χ1) is 7.86. The van der Waals surface area contributed by atoms with E-state index in [-0.39, 0.29) is 6.10 Å². The Labute approximate surface area is 112 Å². The Morgan fingerprint density at radius 3 is 2.06 bits per heavy atom. The van der Waals surface area contributed by atoms with Crippen molar-refractivity contribution >= 4 is 0 Å². The second-order valence-corrected chi connectivity index (χ2v) is 56.5. The van der Waals surface area contributed by atoms with Gasteiger partial charge in [-0.25, -0.2) is 0 Å². The van der Waals surface area contributed by atoms with Crippen LogP contribution in [0.4, 0.5) is 0 Å². The summed E-state index contributed by atoms with van der Waals surface area (Å²) in [6, 6.07) is 0. The van der Waals surface area contributed by atoms with E-state index in [2.05, 4.69) is 48.2 Å². The Morgan fingerprint density at radius 1 is 1.33 bits per heavy atom. The fourth-order valence-corrected chi connectivity index (χ4v) is 9.16. The summed E-state index contributed by atoms with van der Waals surface area (Å²) in [5.41, 5.74) is 0. The molecule has 0 radical (unpaired) electrons. The zero-order valence-corrected chi connectivity index (χ0v) is 16.8. The van der Waals surface area contributed by atoms with Crippen molar-refractivity contribution in [1.82, 2.24) is 0 Å². The van der Waals surface area contributed by atoms with E-state index in [1.54, 1.807) is 10.3 Å². The molecule has 1 N–H and O–H groups in total. The summed E-state index contributed by atoms with van der Waals surface area (Å²) in [6.07, 6.45) is 11.4. The third kappa shape index (κ3) is 8.20. The van der Waals surface area contributed by atoms with Gasteiger partial charge >= 0.3 is 68.4 Å². The van der Waals surface area contributed by atoms with Gasteiger partial charge in [-0.1, -0.05) is 6.08 Å². The molecule has 0 saturated heterocycles. The third-order valence-corrected chi connectivity index (χ3v) is 16.0. The molecule has 2 heteroatoms. The summed E-state index contributed by atoms with van der Waals surface area (Å²) in [7, 11) is 0. The van der Waals surface area contributed by atoms with E-state index >= 15 is 0 Å². The molecule has 0 fully saturated rings. The maximum atomic E-state index is 8.64. The van der Waals surface area contributed by atoms with Gasteiger partial charge < -0.3 is 5.11 Å². The molecule has 1 atom stereocenters. The molecule has 0 saturated carbocycles. The van der Waals surface area contributed by atoms with Crippen LogP contribution in [0.25, 0.3) is 0 Å². The first kappa shape index (κ1) is 18.1. The van der Waals surface area contributed by atoms with Gasteiger partial charge in [0, 0.05) is 0 Å². The molecule has 1 nitrogen and oxygen atoms in total. The SMILES string of the molecule is C=CCCC(C)O.[CH3][Hf]([CH3])([CH3])([CH3])([CH3])[C]1=CC=CC1. The van der Waals surface area contributed by atoms with E-state index in [9.17, 15) is 0 Å². The molecule has 0 aromatic heterocycles. The topological polar surface area (TPSA) is 20.2 Å². The van der Waals surface area contributed by atoms with E-state index in [1.165, 1.54) is 6.42 Å². The van der Waals surface area contributed by atoms with Crippen molar-refractivity contribution in [1.29, 1.82) is 0 Å². The second kappa shape index (κ2) is 5.58. The molecule has 0 heterocycles. The van der Waals surface area contributed by atoms with Crippen molar-refractivity contribution in [2.24, 2.45) is 0 Å². The van der Waals surface area contributed by atoms with E-state index < -0.39 is 17.0 Å². The molecule has 0 aromatic rings. The zero-order valence-electron chi connectivity index (χ0n) is 13.2. The van der Waals surface area contributed by atoms with Crippen molar-refractivity contribution in [3.05, 3.63) is 34.2 Å². The predicted octanol–water partition coefficient (Wildman–Crippen LogP) is 5.63. The van der Waals surface area contributed by atoms with E-state index in [4.69, 9.17) is 5.11 Å². The van der Waals surface area contributed by atoms with Crippen LogP contribution in [-0.4, -0.2) is 11.2 Å². The number of rotatable bonds is 4. The quantitative estimate of drug-likeness (QED) is 0.463. The molecule has 0 bridgehead atoms. The zero-order chi connectivity index (χ0) is 14.5.